The minimum Gasteiger partial charge on any atom is -0.354 e. The van der Waals surface area contributed by atoms with E-state index in [1.54, 1.807) is 11.3 Å². The lowest BCUT2D eigenvalue weighted by atomic mass is 10.1. The van der Waals surface area contributed by atoms with Crippen LogP contribution in [0.2, 0.25) is 0 Å². The molecule has 0 aliphatic heterocycles. The second-order valence-corrected chi connectivity index (χ2v) is 5.64. The third-order valence-electron chi connectivity index (χ3n) is 2.91. The summed E-state index contributed by atoms with van der Waals surface area (Å²) < 4.78 is 0. The maximum atomic E-state index is 4.70. The quantitative estimate of drug-likeness (QED) is 0.423. The normalized spacial score (nSPS) is 7.93. The lowest BCUT2D eigenvalue weighted by Crippen LogP contribution is -2.07. The number of fused-ring (bicyclic) bond motifs is 1. The third kappa shape index (κ3) is 12.3. The van der Waals surface area contributed by atoms with Gasteiger partial charge in [0.2, 0.25) is 0 Å². The summed E-state index contributed by atoms with van der Waals surface area (Å²) in [5.41, 5.74) is 3.35. The minimum atomic E-state index is 0. The summed E-state index contributed by atoms with van der Waals surface area (Å²) in [4.78, 5) is 12.3. The van der Waals surface area contributed by atoms with E-state index < -0.39 is 0 Å². The summed E-state index contributed by atoms with van der Waals surface area (Å²) in [6, 6.07) is 14.5. The van der Waals surface area contributed by atoms with Crippen molar-refractivity contribution in [3.05, 3.63) is 53.7 Å². The lowest BCUT2D eigenvalue weighted by molar-refractivity contribution is 1.10. The van der Waals surface area contributed by atoms with Crippen molar-refractivity contribution in [2.75, 3.05) is 19.0 Å². The van der Waals surface area contributed by atoms with E-state index in [1.165, 1.54) is 5.56 Å². The van der Waals surface area contributed by atoms with Crippen LogP contribution in [0.1, 0.15) is 81.5 Å². The van der Waals surface area contributed by atoms with Crippen molar-refractivity contribution >= 4 is 26.8 Å². The lowest BCUT2D eigenvalue weighted by Gasteiger charge is -2.04. The standard InChI is InChI=1S/C15H15N3S.4C2H6.2CH4/c1-18(2)15-17-13-9-8-12(16-14(13)19-15)10-11-6-4-3-5-7-11;4*1-2;;/h3-9H,10H2,1-2H3;4*1-2H3;2*1H4. The highest BCUT2D eigenvalue weighted by molar-refractivity contribution is 7.21. The number of hydrogen-bond acceptors (Lipinski definition) is 4. The van der Waals surface area contributed by atoms with Gasteiger partial charge in [-0.1, -0.05) is 112 Å². The molecule has 1 aromatic carbocycles. The molecule has 0 aliphatic rings. The molecule has 2 aromatic heterocycles. The maximum Gasteiger partial charge on any atom is 0.187 e. The van der Waals surface area contributed by atoms with Gasteiger partial charge in [0.1, 0.15) is 10.3 Å². The molecule has 0 aliphatic carbocycles. The summed E-state index contributed by atoms with van der Waals surface area (Å²) in [6.07, 6.45) is 0.867. The molecule has 0 bridgehead atoms. The van der Waals surface area contributed by atoms with E-state index >= 15 is 0 Å². The average molecular weight is 422 g/mol. The topological polar surface area (TPSA) is 29.0 Å². The van der Waals surface area contributed by atoms with Crippen molar-refractivity contribution in [3.63, 3.8) is 0 Å². The Morgan fingerprint density at radius 3 is 1.72 bits per heavy atom. The number of anilines is 1. The Balaban J connectivity index is -0.000000281. The smallest absolute Gasteiger partial charge is 0.187 e. The van der Waals surface area contributed by atoms with Gasteiger partial charge in [-0.2, -0.15) is 0 Å². The maximum absolute atomic E-state index is 4.70. The SMILES string of the molecule is C.C.CC.CC.CC.CC.CN(C)c1nc2ccc(Cc3ccccc3)nc2s1. The van der Waals surface area contributed by atoms with Gasteiger partial charge in [-0.25, -0.2) is 9.97 Å². The molecular formula is C25H47N3S. The number of thiazole rings is 1. The van der Waals surface area contributed by atoms with Crippen LogP contribution in [-0.2, 0) is 6.42 Å². The van der Waals surface area contributed by atoms with Crippen LogP contribution in [0.3, 0.4) is 0 Å². The third-order valence-corrected chi connectivity index (χ3v) is 4.05. The molecule has 0 spiro atoms. The number of nitrogens with zero attached hydrogens (tertiary/aromatic N) is 3. The monoisotopic (exact) mass is 421 g/mol. The predicted molar refractivity (Wildman–Crippen MR) is 140 cm³/mol. The highest BCUT2D eigenvalue weighted by Gasteiger charge is 2.07. The van der Waals surface area contributed by atoms with Crippen LogP contribution in [0.25, 0.3) is 10.3 Å². The van der Waals surface area contributed by atoms with Gasteiger partial charge in [-0.15, -0.1) is 0 Å². The van der Waals surface area contributed by atoms with Crippen LogP contribution in [0.5, 0.6) is 0 Å². The van der Waals surface area contributed by atoms with E-state index in [0.717, 1.165) is 27.6 Å². The molecule has 0 radical (unpaired) electrons. The molecule has 3 nitrogen and oxygen atoms in total. The Morgan fingerprint density at radius 2 is 1.24 bits per heavy atom. The Kier molecular flexibility index (Phi) is 26.6. The van der Waals surface area contributed by atoms with Gasteiger partial charge >= 0.3 is 0 Å². The summed E-state index contributed by atoms with van der Waals surface area (Å²) in [7, 11) is 4.01. The van der Waals surface area contributed by atoms with Crippen molar-refractivity contribution in [2.45, 2.75) is 76.7 Å². The van der Waals surface area contributed by atoms with Crippen LogP contribution >= 0.6 is 11.3 Å². The van der Waals surface area contributed by atoms with Crippen LogP contribution in [0.15, 0.2) is 42.5 Å². The molecule has 4 heteroatoms. The largest absolute Gasteiger partial charge is 0.354 e. The summed E-state index contributed by atoms with van der Waals surface area (Å²) in [5, 5.41) is 0.999. The van der Waals surface area contributed by atoms with Crippen molar-refractivity contribution in [1.29, 1.82) is 0 Å². The summed E-state index contributed by atoms with van der Waals surface area (Å²) in [5.74, 6) is 0. The molecule has 2 heterocycles. The molecule has 0 saturated heterocycles. The molecule has 0 amide bonds. The van der Waals surface area contributed by atoms with Crippen LogP contribution in [0, 0.1) is 0 Å². The number of hydrogen-bond donors (Lipinski definition) is 0. The predicted octanol–water partition coefficient (Wildman–Crippen LogP) is 8.73. The first-order chi connectivity index (χ1) is 13.2. The molecule has 29 heavy (non-hydrogen) atoms. The van der Waals surface area contributed by atoms with Gasteiger partial charge in [0.05, 0.1) is 0 Å². The van der Waals surface area contributed by atoms with Crippen molar-refractivity contribution in [3.8, 4) is 0 Å². The van der Waals surface area contributed by atoms with E-state index in [-0.39, 0.29) is 14.9 Å². The molecule has 0 atom stereocenters. The van der Waals surface area contributed by atoms with Gasteiger partial charge in [0.25, 0.3) is 0 Å². The fourth-order valence-electron chi connectivity index (χ4n) is 1.94. The number of benzene rings is 1. The van der Waals surface area contributed by atoms with Crippen molar-refractivity contribution in [2.24, 2.45) is 0 Å². The Hall–Kier alpha value is -1.94. The number of pyridine rings is 1. The van der Waals surface area contributed by atoms with Crippen LogP contribution in [0.4, 0.5) is 5.13 Å². The second-order valence-electron chi connectivity index (χ2n) is 4.68. The molecule has 0 saturated carbocycles. The van der Waals surface area contributed by atoms with Crippen molar-refractivity contribution < 1.29 is 0 Å². The van der Waals surface area contributed by atoms with E-state index in [2.05, 4.69) is 41.4 Å². The molecule has 3 aromatic rings. The minimum absolute atomic E-state index is 0. The van der Waals surface area contributed by atoms with E-state index in [0.29, 0.717) is 0 Å². The Bertz CT molecular complexity index is 692. The zero-order valence-corrected chi connectivity index (χ0v) is 19.8. The molecule has 0 unspecified atom stereocenters. The van der Waals surface area contributed by atoms with Gasteiger partial charge in [-0.3, -0.25) is 0 Å². The first-order valence-electron chi connectivity index (χ1n) is 10.2. The molecule has 3 rings (SSSR count). The average Bonchev–Trinajstić information content (AvgIpc) is 3.19. The van der Waals surface area contributed by atoms with E-state index in [4.69, 9.17) is 4.98 Å². The van der Waals surface area contributed by atoms with Crippen LogP contribution < -0.4 is 4.90 Å². The first-order valence-corrected chi connectivity index (χ1v) is 11.0. The first kappa shape index (κ1) is 34.6. The Labute approximate surface area is 186 Å². The number of aromatic nitrogens is 2. The van der Waals surface area contributed by atoms with E-state index in [1.807, 2.05) is 80.5 Å². The molecular weight excluding hydrogens is 374 g/mol. The Morgan fingerprint density at radius 1 is 0.724 bits per heavy atom. The molecule has 0 fully saturated rings. The van der Waals surface area contributed by atoms with Gasteiger partial charge in [-0.05, 0) is 17.7 Å². The second kappa shape index (κ2) is 22.4. The molecule has 0 N–H and O–H groups in total. The van der Waals surface area contributed by atoms with Crippen LogP contribution in [-0.4, -0.2) is 24.1 Å². The van der Waals surface area contributed by atoms with Gasteiger partial charge in [0.15, 0.2) is 5.13 Å². The zero-order valence-electron chi connectivity index (χ0n) is 19.0. The molecule has 168 valence electrons. The summed E-state index contributed by atoms with van der Waals surface area (Å²) >= 11 is 1.63. The fraction of sp³-hybridized carbons (Fsp3) is 0.520. The zero-order chi connectivity index (χ0) is 21.2. The fourth-order valence-corrected chi connectivity index (χ4v) is 2.82. The highest BCUT2D eigenvalue weighted by atomic mass is 32.1. The van der Waals surface area contributed by atoms with Crippen molar-refractivity contribution in [1.82, 2.24) is 9.97 Å². The van der Waals surface area contributed by atoms with E-state index in [9.17, 15) is 0 Å². The van der Waals surface area contributed by atoms with Gasteiger partial charge < -0.3 is 4.90 Å². The number of rotatable bonds is 3. The van der Waals surface area contributed by atoms with Gasteiger partial charge in [0, 0.05) is 26.2 Å². The highest BCUT2D eigenvalue weighted by Crippen LogP contribution is 2.26. The summed E-state index contributed by atoms with van der Waals surface area (Å²) in [6.45, 7) is 16.0.